The second kappa shape index (κ2) is 8.58. The first-order valence-corrected chi connectivity index (χ1v) is 11.5. The van der Waals surface area contributed by atoms with E-state index in [9.17, 15) is 19.1 Å². The zero-order chi connectivity index (χ0) is 24.1. The topological polar surface area (TPSA) is 70.8 Å². The molecule has 1 aromatic heterocycles. The predicted molar refractivity (Wildman–Crippen MR) is 131 cm³/mol. The number of ketones is 1. The molecule has 0 radical (unpaired) electrons. The van der Waals surface area contributed by atoms with E-state index in [2.05, 4.69) is 15.9 Å². The van der Waals surface area contributed by atoms with E-state index < -0.39 is 29.3 Å². The van der Waals surface area contributed by atoms with E-state index in [0.717, 1.165) is 4.47 Å². The highest BCUT2D eigenvalue weighted by Gasteiger charge is 2.45. The van der Waals surface area contributed by atoms with Crippen molar-refractivity contribution in [3.63, 3.8) is 0 Å². The standard InChI is InChI=1S/C25H13BrCl2FNO4/c26-14-3-6-19-13(7-14)8-20(34-19)23(31)21-22(12-1-4-17(29)5-2-12)30(25(33)24(21)32)18-10-15(27)9-16(28)11-18/h1-11,22,32H. The monoisotopic (exact) mass is 559 g/mol. The van der Waals surface area contributed by atoms with Gasteiger partial charge in [0.2, 0.25) is 5.78 Å². The van der Waals surface area contributed by atoms with Crippen LogP contribution in [0.15, 0.2) is 87.0 Å². The average Bonchev–Trinajstić information content (AvgIpc) is 3.32. The van der Waals surface area contributed by atoms with Gasteiger partial charge in [0.05, 0.1) is 11.6 Å². The summed E-state index contributed by atoms with van der Waals surface area (Å²) < 4.78 is 20.2. The van der Waals surface area contributed by atoms with E-state index in [4.69, 9.17) is 27.6 Å². The highest BCUT2D eigenvalue weighted by Crippen LogP contribution is 2.43. The number of amides is 1. The van der Waals surface area contributed by atoms with Crippen LogP contribution in [-0.2, 0) is 4.79 Å². The summed E-state index contributed by atoms with van der Waals surface area (Å²) in [6, 6.07) is 15.5. The van der Waals surface area contributed by atoms with E-state index in [1.165, 1.54) is 53.4 Å². The predicted octanol–water partition coefficient (Wildman–Crippen LogP) is 7.42. The molecule has 1 unspecified atom stereocenters. The lowest BCUT2D eigenvalue weighted by Gasteiger charge is -2.27. The van der Waals surface area contributed by atoms with Gasteiger partial charge in [0.1, 0.15) is 11.4 Å². The molecular formula is C25H13BrCl2FNO4. The molecule has 3 aromatic carbocycles. The summed E-state index contributed by atoms with van der Waals surface area (Å²) >= 11 is 15.7. The Labute approximate surface area is 211 Å². The van der Waals surface area contributed by atoms with Crippen LogP contribution < -0.4 is 4.90 Å². The van der Waals surface area contributed by atoms with E-state index in [1.807, 2.05) is 0 Å². The van der Waals surface area contributed by atoms with Crippen LogP contribution in [0.4, 0.5) is 10.1 Å². The quantitative estimate of drug-likeness (QED) is 0.263. The third-order valence-corrected chi connectivity index (χ3v) is 6.40. The SMILES string of the molecule is O=C(C1=C(O)C(=O)N(c2cc(Cl)cc(Cl)c2)C1c1ccc(F)cc1)c1cc2cc(Br)ccc2o1. The fraction of sp³-hybridized carbons (Fsp3) is 0.0400. The maximum Gasteiger partial charge on any atom is 0.294 e. The molecule has 5 nitrogen and oxygen atoms in total. The van der Waals surface area contributed by atoms with Crippen LogP contribution in [0.2, 0.25) is 10.0 Å². The molecule has 0 fully saturated rings. The number of fused-ring (bicyclic) bond motifs is 1. The normalized spacial score (nSPS) is 16.1. The van der Waals surface area contributed by atoms with Gasteiger partial charge in [-0.25, -0.2) is 4.39 Å². The number of nitrogens with zero attached hydrogens (tertiary/aromatic N) is 1. The number of furan rings is 1. The Balaban J connectivity index is 1.67. The molecule has 1 aliphatic rings. The molecule has 0 saturated heterocycles. The number of aliphatic hydroxyl groups is 1. The van der Waals surface area contributed by atoms with Crippen molar-refractivity contribution in [2.24, 2.45) is 0 Å². The van der Waals surface area contributed by atoms with E-state index in [1.54, 1.807) is 18.2 Å². The summed E-state index contributed by atoms with van der Waals surface area (Å²) in [6.45, 7) is 0. The van der Waals surface area contributed by atoms with E-state index >= 15 is 0 Å². The molecule has 1 N–H and O–H groups in total. The molecule has 2 heterocycles. The molecule has 170 valence electrons. The Kier molecular flexibility index (Phi) is 5.72. The van der Waals surface area contributed by atoms with Crippen molar-refractivity contribution in [1.29, 1.82) is 0 Å². The van der Waals surface area contributed by atoms with Gasteiger partial charge in [-0.3, -0.25) is 14.5 Å². The van der Waals surface area contributed by atoms with Gasteiger partial charge in [0, 0.05) is 25.6 Å². The van der Waals surface area contributed by atoms with Crippen molar-refractivity contribution in [1.82, 2.24) is 0 Å². The molecule has 0 bridgehead atoms. The van der Waals surface area contributed by atoms with Crippen LogP contribution in [0.25, 0.3) is 11.0 Å². The van der Waals surface area contributed by atoms with Crippen LogP contribution in [0.5, 0.6) is 0 Å². The Bertz CT molecular complexity index is 1490. The van der Waals surface area contributed by atoms with Gasteiger partial charge in [-0.15, -0.1) is 0 Å². The Hall–Kier alpha value is -3.13. The number of hydrogen-bond acceptors (Lipinski definition) is 4. The van der Waals surface area contributed by atoms with Crippen LogP contribution in [0.3, 0.4) is 0 Å². The molecule has 9 heteroatoms. The smallest absolute Gasteiger partial charge is 0.294 e. The molecule has 1 atom stereocenters. The number of rotatable bonds is 4. The van der Waals surface area contributed by atoms with Gasteiger partial charge in [-0.05, 0) is 60.2 Å². The molecule has 4 aromatic rings. The number of carbonyl (C=O) groups is 2. The number of anilines is 1. The van der Waals surface area contributed by atoms with Crippen molar-refractivity contribution in [2.75, 3.05) is 4.90 Å². The second-order valence-electron chi connectivity index (χ2n) is 7.64. The fourth-order valence-electron chi connectivity index (χ4n) is 4.00. The molecule has 1 amide bonds. The van der Waals surface area contributed by atoms with Gasteiger partial charge in [-0.2, -0.15) is 0 Å². The van der Waals surface area contributed by atoms with Crippen LogP contribution in [0, 0.1) is 5.82 Å². The third kappa shape index (κ3) is 3.90. The Morgan fingerprint density at radius 2 is 1.68 bits per heavy atom. The summed E-state index contributed by atoms with van der Waals surface area (Å²) in [4.78, 5) is 28.0. The van der Waals surface area contributed by atoms with Crippen molar-refractivity contribution < 1.29 is 23.5 Å². The minimum Gasteiger partial charge on any atom is -0.503 e. The number of benzene rings is 3. The highest BCUT2D eigenvalue weighted by atomic mass is 79.9. The Morgan fingerprint density at radius 1 is 1.00 bits per heavy atom. The average molecular weight is 561 g/mol. The highest BCUT2D eigenvalue weighted by molar-refractivity contribution is 9.10. The van der Waals surface area contributed by atoms with Crippen molar-refractivity contribution in [2.45, 2.75) is 6.04 Å². The number of hydrogen-bond donors (Lipinski definition) is 1. The molecule has 0 saturated carbocycles. The number of carbonyl (C=O) groups excluding carboxylic acids is 2. The maximum atomic E-state index is 13.7. The first-order valence-electron chi connectivity index (χ1n) is 9.95. The molecule has 5 rings (SSSR count). The molecule has 1 aliphatic heterocycles. The van der Waals surface area contributed by atoms with Crippen molar-refractivity contribution in [3.8, 4) is 0 Å². The lowest BCUT2D eigenvalue weighted by atomic mass is 9.94. The largest absolute Gasteiger partial charge is 0.503 e. The first kappa shape index (κ1) is 22.7. The van der Waals surface area contributed by atoms with Crippen LogP contribution in [0.1, 0.15) is 22.2 Å². The lowest BCUT2D eigenvalue weighted by Crippen LogP contribution is -2.31. The van der Waals surface area contributed by atoms with Gasteiger partial charge in [0.25, 0.3) is 5.91 Å². The second-order valence-corrected chi connectivity index (χ2v) is 9.43. The third-order valence-electron chi connectivity index (χ3n) is 5.47. The maximum absolute atomic E-state index is 13.7. The van der Waals surface area contributed by atoms with E-state index in [-0.39, 0.29) is 27.1 Å². The zero-order valence-corrected chi connectivity index (χ0v) is 20.2. The number of aliphatic hydroxyl groups excluding tert-OH is 1. The fourth-order valence-corrected chi connectivity index (χ4v) is 4.89. The molecule has 34 heavy (non-hydrogen) atoms. The number of Topliss-reactive ketones (excluding diaryl/α,β-unsaturated/α-hetero) is 1. The minimum absolute atomic E-state index is 0.0551. The van der Waals surface area contributed by atoms with Gasteiger partial charge in [-0.1, -0.05) is 51.3 Å². The summed E-state index contributed by atoms with van der Waals surface area (Å²) in [5.74, 6) is -2.79. The minimum atomic E-state index is -1.07. The first-order chi connectivity index (χ1) is 16.2. The van der Waals surface area contributed by atoms with Crippen molar-refractivity contribution >= 4 is 67.5 Å². The zero-order valence-electron chi connectivity index (χ0n) is 17.1. The number of halogens is 4. The summed E-state index contributed by atoms with van der Waals surface area (Å²) in [6.07, 6.45) is 0. The lowest BCUT2D eigenvalue weighted by molar-refractivity contribution is -0.117. The molecule has 0 aliphatic carbocycles. The van der Waals surface area contributed by atoms with Crippen LogP contribution in [-0.4, -0.2) is 16.8 Å². The molecule has 0 spiro atoms. The summed E-state index contributed by atoms with van der Waals surface area (Å²) in [5, 5.41) is 12.0. The summed E-state index contributed by atoms with van der Waals surface area (Å²) in [7, 11) is 0. The Morgan fingerprint density at radius 3 is 2.35 bits per heavy atom. The van der Waals surface area contributed by atoms with Crippen LogP contribution >= 0.6 is 39.1 Å². The summed E-state index contributed by atoms with van der Waals surface area (Å²) in [5.41, 5.74) is 0.926. The van der Waals surface area contributed by atoms with Gasteiger partial charge < -0.3 is 9.52 Å². The van der Waals surface area contributed by atoms with E-state index in [0.29, 0.717) is 16.5 Å². The van der Waals surface area contributed by atoms with Gasteiger partial charge in [0.15, 0.2) is 11.5 Å². The van der Waals surface area contributed by atoms with Gasteiger partial charge >= 0.3 is 0 Å². The van der Waals surface area contributed by atoms with Crippen molar-refractivity contribution in [3.05, 3.63) is 110 Å². The molecular weight excluding hydrogens is 548 g/mol.